The molecule has 4 nitrogen and oxygen atoms in total. The molecule has 0 aromatic heterocycles. The van der Waals surface area contributed by atoms with Gasteiger partial charge in [0.15, 0.2) is 11.5 Å². The highest BCUT2D eigenvalue weighted by Gasteiger charge is 2.22. The molecule has 0 spiro atoms. The van der Waals surface area contributed by atoms with Gasteiger partial charge in [-0.2, -0.15) is 0 Å². The Morgan fingerprint density at radius 3 is 2.40 bits per heavy atom. The van der Waals surface area contributed by atoms with Crippen LogP contribution in [0.1, 0.15) is 45.4 Å². The molecule has 0 unspecified atom stereocenters. The normalized spacial score (nSPS) is 15.1. The summed E-state index contributed by atoms with van der Waals surface area (Å²) in [6, 6.07) is 0. The minimum Gasteiger partial charge on any atom is -0.493 e. The van der Waals surface area contributed by atoms with E-state index in [1.165, 1.54) is 44.9 Å². The topological polar surface area (TPSA) is 52.6 Å². The average Bonchev–Trinajstić information content (AvgIpc) is 2.44. The Morgan fingerprint density at radius 1 is 1.00 bits per heavy atom. The monoisotopic (exact) mass is 280 g/mol. The van der Waals surface area contributed by atoms with E-state index in [9.17, 15) is 9.59 Å². The first-order valence-electron chi connectivity index (χ1n) is 7.31. The second-order valence-electron chi connectivity index (χ2n) is 4.93. The molecule has 4 heteroatoms. The number of carbonyl (C=O) groups excluding carboxylic acids is 2. The van der Waals surface area contributed by atoms with Crippen molar-refractivity contribution in [1.29, 1.82) is 0 Å². The first-order valence-corrected chi connectivity index (χ1v) is 7.31. The molecule has 0 saturated heterocycles. The predicted molar refractivity (Wildman–Crippen MR) is 77.4 cm³/mol. The van der Waals surface area contributed by atoms with Crippen LogP contribution in [0.15, 0.2) is 23.5 Å². The Labute approximate surface area is 120 Å². The SMILES string of the molecule is CCCCCCCCOCC1=CC(=O)C=C(OC)C1=O. The first kappa shape index (κ1) is 16.6. The standard InChI is InChI=1S/C16H24O4/c1-3-4-5-6-7-8-9-20-12-13-10-14(17)11-15(19-2)16(13)18/h10-11H,3-9,12H2,1-2H3. The van der Waals surface area contributed by atoms with Crippen LogP contribution in [0.3, 0.4) is 0 Å². The molecule has 0 fully saturated rings. The Balaban J connectivity index is 2.19. The van der Waals surface area contributed by atoms with Crippen molar-refractivity contribution in [2.24, 2.45) is 0 Å². The molecule has 0 saturated carbocycles. The number of ether oxygens (including phenoxy) is 2. The number of hydrogen-bond acceptors (Lipinski definition) is 4. The maximum atomic E-state index is 11.8. The number of rotatable bonds is 10. The van der Waals surface area contributed by atoms with E-state index in [-0.39, 0.29) is 23.9 Å². The molecule has 20 heavy (non-hydrogen) atoms. The third kappa shape index (κ3) is 5.70. The lowest BCUT2D eigenvalue weighted by Gasteiger charge is -2.12. The van der Waals surface area contributed by atoms with E-state index in [2.05, 4.69) is 6.92 Å². The van der Waals surface area contributed by atoms with Crippen LogP contribution in [0.4, 0.5) is 0 Å². The number of Topliss-reactive ketones (excluding diaryl/α,β-unsaturated/α-hetero) is 1. The van der Waals surface area contributed by atoms with Crippen LogP contribution in [0.2, 0.25) is 0 Å². The molecule has 0 heterocycles. The predicted octanol–water partition coefficient (Wildman–Crippen LogP) is 2.97. The fraction of sp³-hybridized carbons (Fsp3) is 0.625. The highest BCUT2D eigenvalue weighted by Crippen LogP contribution is 2.14. The zero-order chi connectivity index (χ0) is 14.8. The maximum absolute atomic E-state index is 11.8. The van der Waals surface area contributed by atoms with E-state index in [1.807, 2.05) is 0 Å². The lowest BCUT2D eigenvalue weighted by atomic mass is 10.0. The Hall–Kier alpha value is -1.42. The van der Waals surface area contributed by atoms with Crippen molar-refractivity contribution in [3.05, 3.63) is 23.5 Å². The highest BCUT2D eigenvalue weighted by molar-refractivity contribution is 6.19. The Morgan fingerprint density at radius 2 is 1.70 bits per heavy atom. The van der Waals surface area contributed by atoms with Crippen LogP contribution in [0.5, 0.6) is 0 Å². The second kappa shape index (κ2) is 9.48. The van der Waals surface area contributed by atoms with Crippen molar-refractivity contribution >= 4 is 11.6 Å². The number of methoxy groups -OCH3 is 1. The van der Waals surface area contributed by atoms with Gasteiger partial charge in [-0.3, -0.25) is 9.59 Å². The summed E-state index contributed by atoms with van der Waals surface area (Å²) in [5.74, 6) is -0.384. The Kier molecular flexibility index (Phi) is 7.88. The minimum absolute atomic E-state index is 0.0932. The van der Waals surface area contributed by atoms with Crippen LogP contribution in [-0.4, -0.2) is 31.9 Å². The van der Waals surface area contributed by atoms with Gasteiger partial charge in [-0.05, 0) is 12.5 Å². The van der Waals surface area contributed by atoms with Crippen LogP contribution in [0, 0.1) is 0 Å². The summed E-state index contributed by atoms with van der Waals surface area (Å²) < 4.78 is 10.3. The lowest BCUT2D eigenvalue weighted by molar-refractivity contribution is -0.118. The van der Waals surface area contributed by atoms with Crippen LogP contribution in [0.25, 0.3) is 0 Å². The molecule has 0 N–H and O–H groups in total. The van der Waals surface area contributed by atoms with Gasteiger partial charge in [-0.15, -0.1) is 0 Å². The fourth-order valence-electron chi connectivity index (χ4n) is 2.06. The van der Waals surface area contributed by atoms with Crippen molar-refractivity contribution < 1.29 is 19.1 Å². The number of allylic oxidation sites excluding steroid dienone is 3. The molecule has 0 aromatic rings. The molecule has 0 bridgehead atoms. The van der Waals surface area contributed by atoms with Gasteiger partial charge in [0.1, 0.15) is 0 Å². The van der Waals surface area contributed by atoms with Crippen molar-refractivity contribution in [1.82, 2.24) is 0 Å². The van der Waals surface area contributed by atoms with Crippen LogP contribution >= 0.6 is 0 Å². The summed E-state index contributed by atoms with van der Waals surface area (Å²) in [6.45, 7) is 3.00. The van der Waals surface area contributed by atoms with Gasteiger partial charge in [0.05, 0.1) is 13.7 Å². The summed E-state index contributed by atoms with van der Waals surface area (Å²) in [7, 11) is 1.39. The molecule has 0 amide bonds. The minimum atomic E-state index is -0.255. The molecule has 0 aliphatic heterocycles. The molecule has 0 atom stereocenters. The van der Waals surface area contributed by atoms with E-state index >= 15 is 0 Å². The third-order valence-electron chi connectivity index (χ3n) is 3.22. The molecule has 1 aliphatic rings. The maximum Gasteiger partial charge on any atom is 0.226 e. The van der Waals surface area contributed by atoms with E-state index in [0.717, 1.165) is 12.8 Å². The molecular weight excluding hydrogens is 256 g/mol. The van der Waals surface area contributed by atoms with E-state index in [0.29, 0.717) is 12.2 Å². The quantitative estimate of drug-likeness (QED) is 0.456. The van der Waals surface area contributed by atoms with Gasteiger partial charge in [0.2, 0.25) is 5.78 Å². The highest BCUT2D eigenvalue weighted by atomic mass is 16.5. The summed E-state index contributed by atoms with van der Waals surface area (Å²) in [6.07, 6.45) is 9.71. The molecule has 1 aliphatic carbocycles. The zero-order valence-corrected chi connectivity index (χ0v) is 12.4. The van der Waals surface area contributed by atoms with Gasteiger partial charge in [0, 0.05) is 18.3 Å². The van der Waals surface area contributed by atoms with E-state index < -0.39 is 0 Å². The molecule has 0 aromatic carbocycles. The van der Waals surface area contributed by atoms with Gasteiger partial charge < -0.3 is 9.47 Å². The lowest BCUT2D eigenvalue weighted by Crippen LogP contribution is -2.19. The zero-order valence-electron chi connectivity index (χ0n) is 12.4. The number of hydrogen-bond donors (Lipinski definition) is 0. The van der Waals surface area contributed by atoms with Crippen molar-refractivity contribution in [2.75, 3.05) is 20.3 Å². The van der Waals surface area contributed by atoms with Crippen molar-refractivity contribution in [3.63, 3.8) is 0 Å². The van der Waals surface area contributed by atoms with Gasteiger partial charge in [-0.1, -0.05) is 39.0 Å². The smallest absolute Gasteiger partial charge is 0.226 e. The van der Waals surface area contributed by atoms with Crippen molar-refractivity contribution in [3.8, 4) is 0 Å². The summed E-state index contributed by atoms with van der Waals surface area (Å²) >= 11 is 0. The Bertz CT molecular complexity index is 393. The summed E-state index contributed by atoms with van der Waals surface area (Å²) in [5.41, 5.74) is 0.375. The molecule has 0 radical (unpaired) electrons. The van der Waals surface area contributed by atoms with E-state index in [4.69, 9.17) is 9.47 Å². The summed E-state index contributed by atoms with van der Waals surface area (Å²) in [5, 5.41) is 0. The van der Waals surface area contributed by atoms with Gasteiger partial charge in [-0.25, -0.2) is 0 Å². The summed E-state index contributed by atoms with van der Waals surface area (Å²) in [4.78, 5) is 23.2. The largest absolute Gasteiger partial charge is 0.493 e. The van der Waals surface area contributed by atoms with Crippen LogP contribution in [-0.2, 0) is 19.1 Å². The first-order chi connectivity index (χ1) is 9.69. The third-order valence-corrected chi connectivity index (χ3v) is 3.22. The number of ketones is 2. The van der Waals surface area contributed by atoms with Gasteiger partial charge in [0.25, 0.3) is 0 Å². The number of unbranched alkanes of at least 4 members (excludes halogenated alkanes) is 5. The van der Waals surface area contributed by atoms with Gasteiger partial charge >= 0.3 is 0 Å². The number of carbonyl (C=O) groups is 2. The fourth-order valence-corrected chi connectivity index (χ4v) is 2.06. The average molecular weight is 280 g/mol. The molecule has 112 valence electrons. The second-order valence-corrected chi connectivity index (χ2v) is 4.93. The van der Waals surface area contributed by atoms with Crippen molar-refractivity contribution in [2.45, 2.75) is 45.4 Å². The van der Waals surface area contributed by atoms with Crippen LogP contribution < -0.4 is 0 Å². The molecular formula is C16H24O4. The molecule has 1 rings (SSSR count). The van der Waals surface area contributed by atoms with E-state index in [1.54, 1.807) is 0 Å².